The number of benzene rings is 2. The van der Waals surface area contributed by atoms with E-state index in [1.54, 1.807) is 12.1 Å². The topological polar surface area (TPSA) is 80.9 Å². The summed E-state index contributed by atoms with van der Waals surface area (Å²) in [5, 5.41) is 1.92. The molecule has 0 radical (unpaired) electrons. The summed E-state index contributed by atoms with van der Waals surface area (Å²) in [6.45, 7) is 0.850. The van der Waals surface area contributed by atoms with Crippen molar-refractivity contribution in [2.75, 3.05) is 5.73 Å². The van der Waals surface area contributed by atoms with E-state index in [0.29, 0.717) is 11.1 Å². The van der Waals surface area contributed by atoms with E-state index >= 15 is 0 Å². The van der Waals surface area contributed by atoms with Crippen LogP contribution in [-0.2, 0) is 0 Å². The number of hydrogen-bond acceptors (Lipinski definition) is 4. The van der Waals surface area contributed by atoms with Gasteiger partial charge in [0.1, 0.15) is 17.7 Å². The van der Waals surface area contributed by atoms with Crippen LogP contribution >= 0.6 is 0 Å². The lowest BCUT2D eigenvalue weighted by atomic mass is 9.97. The van der Waals surface area contributed by atoms with Crippen LogP contribution in [0.4, 0.5) is 23.4 Å². The Morgan fingerprint density at radius 2 is 1.79 bits per heavy atom. The minimum absolute atomic E-state index is 0.00280. The molecule has 9 heteroatoms. The molecule has 150 valence electrons. The molecule has 0 aliphatic heterocycles. The molecule has 0 aliphatic carbocycles. The van der Waals surface area contributed by atoms with Crippen molar-refractivity contribution >= 4 is 11.7 Å². The van der Waals surface area contributed by atoms with E-state index in [2.05, 4.69) is 9.97 Å². The summed E-state index contributed by atoms with van der Waals surface area (Å²) in [6, 6.07) is 8.21. The van der Waals surface area contributed by atoms with E-state index in [9.17, 15) is 22.4 Å². The van der Waals surface area contributed by atoms with Crippen LogP contribution in [0.1, 0.15) is 17.3 Å². The van der Waals surface area contributed by atoms with Crippen molar-refractivity contribution in [1.82, 2.24) is 15.3 Å². The summed E-state index contributed by atoms with van der Waals surface area (Å²) in [6.07, 6.45) is -1.95. The molecule has 3 rings (SSSR count). The van der Waals surface area contributed by atoms with Crippen LogP contribution in [0.15, 0.2) is 54.9 Å². The molecule has 29 heavy (non-hydrogen) atoms. The predicted octanol–water partition coefficient (Wildman–Crippen LogP) is 4.21. The van der Waals surface area contributed by atoms with Gasteiger partial charge in [-0.1, -0.05) is 24.3 Å². The predicted molar refractivity (Wildman–Crippen MR) is 100 cm³/mol. The quantitative estimate of drug-likeness (QED) is 0.639. The Bertz CT molecular complexity index is 1040. The molecule has 3 aromatic rings. The Hall–Kier alpha value is -3.49. The summed E-state index contributed by atoms with van der Waals surface area (Å²) in [4.78, 5) is 20.2. The van der Waals surface area contributed by atoms with Gasteiger partial charge in [0, 0.05) is 11.1 Å². The number of amides is 1. The molecule has 2 aromatic carbocycles. The molecule has 1 amide bonds. The smallest absolute Gasteiger partial charge is 0.382 e. The maximum Gasteiger partial charge on any atom is 0.408 e. The lowest BCUT2D eigenvalue weighted by Gasteiger charge is -2.18. The molecule has 0 fully saturated rings. The van der Waals surface area contributed by atoms with Crippen LogP contribution in [0, 0.1) is 5.82 Å². The van der Waals surface area contributed by atoms with Crippen molar-refractivity contribution in [3.63, 3.8) is 0 Å². The Kier molecular flexibility index (Phi) is 5.49. The number of anilines is 1. The SMILES string of the molecule is C[C@@H](NC(=O)c1ccccc1-c1ccc(-c2cnc(N)cn2)c(F)c1)C(F)(F)F. The number of rotatable bonds is 4. The number of carbonyl (C=O) groups excluding carboxylic acids is 1. The molecule has 0 saturated carbocycles. The molecule has 0 aliphatic rings. The fourth-order valence-corrected chi connectivity index (χ4v) is 2.66. The standard InChI is InChI=1S/C20H16F4N4O/c1-11(20(22,23)24)28-19(29)14-5-3-2-4-13(14)12-6-7-15(16(21)8-12)17-9-27-18(25)10-26-17/h2-11H,1H3,(H2,25,27)(H,28,29)/t11-/m1/s1. The van der Waals surface area contributed by atoms with Gasteiger partial charge in [0.25, 0.3) is 5.91 Å². The minimum atomic E-state index is -4.57. The Labute approximate surface area is 163 Å². The van der Waals surface area contributed by atoms with Crippen LogP contribution in [0.3, 0.4) is 0 Å². The van der Waals surface area contributed by atoms with Gasteiger partial charge in [-0.3, -0.25) is 9.78 Å². The molecule has 0 saturated heterocycles. The molecule has 0 bridgehead atoms. The second-order valence-corrected chi connectivity index (χ2v) is 6.30. The van der Waals surface area contributed by atoms with Crippen LogP contribution < -0.4 is 11.1 Å². The average Bonchev–Trinajstić information content (AvgIpc) is 2.68. The second kappa shape index (κ2) is 7.86. The number of carbonyl (C=O) groups is 1. The molecule has 1 heterocycles. The number of hydrogen-bond donors (Lipinski definition) is 2. The number of aromatic nitrogens is 2. The van der Waals surface area contributed by atoms with Crippen LogP contribution in [0.25, 0.3) is 22.4 Å². The molecule has 5 nitrogen and oxygen atoms in total. The normalized spacial score (nSPS) is 12.4. The highest BCUT2D eigenvalue weighted by Crippen LogP contribution is 2.29. The number of nitrogens with zero attached hydrogens (tertiary/aromatic N) is 2. The van der Waals surface area contributed by atoms with E-state index in [4.69, 9.17) is 5.73 Å². The number of nitrogens with two attached hydrogens (primary N) is 1. The van der Waals surface area contributed by atoms with Gasteiger partial charge in [-0.2, -0.15) is 13.2 Å². The van der Waals surface area contributed by atoms with Crippen LogP contribution in [0.5, 0.6) is 0 Å². The van der Waals surface area contributed by atoms with Crippen molar-refractivity contribution in [2.45, 2.75) is 19.1 Å². The minimum Gasteiger partial charge on any atom is -0.382 e. The van der Waals surface area contributed by atoms with E-state index in [0.717, 1.165) is 6.92 Å². The van der Waals surface area contributed by atoms with Crippen molar-refractivity contribution in [2.24, 2.45) is 0 Å². The van der Waals surface area contributed by atoms with Crippen molar-refractivity contribution in [3.05, 3.63) is 66.2 Å². The molecule has 0 spiro atoms. The van der Waals surface area contributed by atoms with Gasteiger partial charge in [-0.25, -0.2) is 9.37 Å². The van der Waals surface area contributed by atoms with E-state index in [-0.39, 0.29) is 22.6 Å². The summed E-state index contributed by atoms with van der Waals surface area (Å²) >= 11 is 0. The maximum absolute atomic E-state index is 14.7. The first-order chi connectivity index (χ1) is 13.7. The Morgan fingerprint density at radius 3 is 2.41 bits per heavy atom. The second-order valence-electron chi connectivity index (χ2n) is 6.30. The van der Waals surface area contributed by atoms with Crippen molar-refractivity contribution in [3.8, 4) is 22.4 Å². The van der Waals surface area contributed by atoms with E-state index in [1.165, 1.54) is 42.7 Å². The largest absolute Gasteiger partial charge is 0.408 e. The average molecular weight is 404 g/mol. The summed E-state index contributed by atoms with van der Waals surface area (Å²) in [5.74, 6) is -1.33. The molecule has 1 atom stereocenters. The van der Waals surface area contributed by atoms with Gasteiger partial charge in [-0.05, 0) is 36.2 Å². The highest BCUT2D eigenvalue weighted by atomic mass is 19.4. The summed E-state index contributed by atoms with van der Waals surface area (Å²) in [7, 11) is 0. The van der Waals surface area contributed by atoms with Crippen molar-refractivity contribution in [1.29, 1.82) is 0 Å². The first kappa shape index (κ1) is 20.2. The Balaban J connectivity index is 1.95. The lowest BCUT2D eigenvalue weighted by molar-refractivity contribution is -0.149. The lowest BCUT2D eigenvalue weighted by Crippen LogP contribution is -2.43. The number of halogens is 4. The third kappa shape index (κ3) is 4.50. The number of nitrogens with one attached hydrogen (secondary N) is 1. The summed E-state index contributed by atoms with van der Waals surface area (Å²) in [5.41, 5.74) is 6.56. The monoisotopic (exact) mass is 404 g/mol. The zero-order chi connectivity index (χ0) is 21.2. The zero-order valence-electron chi connectivity index (χ0n) is 15.2. The van der Waals surface area contributed by atoms with Gasteiger partial charge in [-0.15, -0.1) is 0 Å². The van der Waals surface area contributed by atoms with Crippen molar-refractivity contribution < 1.29 is 22.4 Å². The van der Waals surface area contributed by atoms with Gasteiger partial charge >= 0.3 is 6.18 Å². The highest BCUT2D eigenvalue weighted by Gasteiger charge is 2.37. The number of alkyl halides is 3. The molecule has 3 N–H and O–H groups in total. The molecular formula is C20H16F4N4O. The highest BCUT2D eigenvalue weighted by molar-refractivity contribution is 6.01. The summed E-state index contributed by atoms with van der Waals surface area (Å²) < 4.78 is 52.9. The van der Waals surface area contributed by atoms with Gasteiger partial charge < -0.3 is 11.1 Å². The maximum atomic E-state index is 14.7. The molecular weight excluding hydrogens is 388 g/mol. The Morgan fingerprint density at radius 1 is 1.07 bits per heavy atom. The molecule has 1 aromatic heterocycles. The van der Waals surface area contributed by atoms with Gasteiger partial charge in [0.15, 0.2) is 0 Å². The molecule has 0 unspecified atom stereocenters. The fraction of sp³-hybridized carbons (Fsp3) is 0.150. The van der Waals surface area contributed by atoms with Crippen LogP contribution in [-0.4, -0.2) is 28.1 Å². The third-order valence-electron chi connectivity index (χ3n) is 4.24. The fourth-order valence-electron chi connectivity index (χ4n) is 2.66. The van der Waals surface area contributed by atoms with Gasteiger partial charge in [0.05, 0.1) is 18.1 Å². The van der Waals surface area contributed by atoms with E-state index < -0.39 is 23.9 Å². The van der Waals surface area contributed by atoms with Gasteiger partial charge in [0.2, 0.25) is 0 Å². The first-order valence-corrected chi connectivity index (χ1v) is 8.51. The first-order valence-electron chi connectivity index (χ1n) is 8.51. The van der Waals surface area contributed by atoms with E-state index in [1.807, 2.05) is 5.32 Å². The third-order valence-corrected chi connectivity index (χ3v) is 4.24. The van der Waals surface area contributed by atoms with Crippen LogP contribution in [0.2, 0.25) is 0 Å². The zero-order valence-corrected chi connectivity index (χ0v) is 15.2. The number of nitrogen functional groups attached to an aromatic ring is 1.